The lowest BCUT2D eigenvalue weighted by molar-refractivity contribution is 0.0738. The molecule has 1 atom stereocenters. The monoisotopic (exact) mass is 533 g/mol. The van der Waals surface area contributed by atoms with E-state index in [0.717, 1.165) is 11.3 Å². The fourth-order valence-corrected chi connectivity index (χ4v) is 3.82. The third-order valence-electron chi connectivity index (χ3n) is 5.82. The first-order valence-corrected chi connectivity index (χ1v) is 12.9. The van der Waals surface area contributed by atoms with Gasteiger partial charge in [0.25, 0.3) is 0 Å². The Morgan fingerprint density at radius 3 is 2.03 bits per heavy atom. The second kappa shape index (κ2) is 13.7. The van der Waals surface area contributed by atoms with Crippen molar-refractivity contribution in [3.63, 3.8) is 0 Å². The standard InChI is InChI=1S/C26H27F2N5O.C3H8.C2H2/c1-14(2)16-12-22(24-17(27)8-6-9-18(24)28)31-33-25(16)15(3)19-10-7-11-20(29-19)21-13-23(32-30-21)26(4,5)34;1-3-2;1-2/h6-15,34H,1-5H3,(H,30,32);3H2,1-2H3;1-2H. The number of rotatable bonds is 6. The van der Waals surface area contributed by atoms with Crippen molar-refractivity contribution in [2.24, 2.45) is 0 Å². The topological polar surface area (TPSA) is 87.6 Å². The van der Waals surface area contributed by atoms with E-state index in [1.54, 1.807) is 26.0 Å². The van der Waals surface area contributed by atoms with Gasteiger partial charge in [0.1, 0.15) is 22.9 Å². The lowest BCUT2D eigenvalue weighted by atomic mass is 9.91. The van der Waals surface area contributed by atoms with Crippen LogP contribution in [0.2, 0.25) is 0 Å². The fraction of sp³-hybridized carbons (Fsp3) is 0.355. The first-order chi connectivity index (χ1) is 18.5. The molecule has 0 spiro atoms. The van der Waals surface area contributed by atoms with Gasteiger partial charge in [-0.25, -0.2) is 8.78 Å². The summed E-state index contributed by atoms with van der Waals surface area (Å²) >= 11 is 0. The molecule has 4 aromatic rings. The highest BCUT2D eigenvalue weighted by Crippen LogP contribution is 2.33. The third-order valence-corrected chi connectivity index (χ3v) is 5.82. The molecular weight excluding hydrogens is 496 g/mol. The molecule has 0 fully saturated rings. The number of aliphatic hydroxyl groups is 1. The van der Waals surface area contributed by atoms with Crippen molar-refractivity contribution in [3.05, 3.63) is 82.8 Å². The Bertz CT molecular complexity index is 1370. The molecule has 1 unspecified atom stereocenters. The van der Waals surface area contributed by atoms with Crippen molar-refractivity contribution in [2.45, 2.75) is 72.3 Å². The predicted octanol–water partition coefficient (Wildman–Crippen LogP) is 7.38. The molecule has 0 saturated heterocycles. The van der Waals surface area contributed by atoms with Gasteiger partial charge in [0.15, 0.2) is 0 Å². The van der Waals surface area contributed by atoms with Crippen LogP contribution in [0.3, 0.4) is 0 Å². The fourth-order valence-electron chi connectivity index (χ4n) is 3.82. The smallest absolute Gasteiger partial charge is 0.135 e. The second-order valence-corrected chi connectivity index (χ2v) is 9.92. The number of halogens is 2. The lowest BCUT2D eigenvalue weighted by Crippen LogP contribution is -2.15. The van der Waals surface area contributed by atoms with Gasteiger partial charge in [0, 0.05) is 11.6 Å². The average Bonchev–Trinajstić information content (AvgIpc) is 3.41. The van der Waals surface area contributed by atoms with E-state index in [1.807, 2.05) is 39.0 Å². The molecule has 0 aliphatic carbocycles. The molecule has 206 valence electrons. The maximum atomic E-state index is 14.3. The van der Waals surface area contributed by atoms with Crippen molar-refractivity contribution < 1.29 is 13.9 Å². The van der Waals surface area contributed by atoms with Crippen molar-refractivity contribution in [1.82, 2.24) is 25.4 Å². The second-order valence-electron chi connectivity index (χ2n) is 9.92. The summed E-state index contributed by atoms with van der Waals surface area (Å²) in [4.78, 5) is 4.77. The zero-order chi connectivity index (χ0) is 29.3. The van der Waals surface area contributed by atoms with Gasteiger partial charge in [-0.15, -0.1) is 12.8 Å². The molecule has 0 radical (unpaired) electrons. The molecule has 4 rings (SSSR count). The van der Waals surface area contributed by atoms with Gasteiger partial charge in [0.2, 0.25) is 0 Å². The van der Waals surface area contributed by atoms with E-state index in [0.29, 0.717) is 22.8 Å². The molecule has 0 saturated carbocycles. The van der Waals surface area contributed by atoms with Crippen LogP contribution in [0.15, 0.2) is 48.5 Å². The molecule has 0 aliphatic heterocycles. The SMILES string of the molecule is C#C.CC(C)c1cc(-c2c(F)cccc2F)nnc1C(C)c1cccc(-c2cc(C(C)(C)O)[nH]n2)n1.CCC. The van der Waals surface area contributed by atoms with Crippen LogP contribution < -0.4 is 0 Å². The Labute approximate surface area is 230 Å². The van der Waals surface area contributed by atoms with Crippen LogP contribution in [0, 0.1) is 24.5 Å². The molecule has 39 heavy (non-hydrogen) atoms. The van der Waals surface area contributed by atoms with Crippen LogP contribution in [0.25, 0.3) is 22.6 Å². The highest BCUT2D eigenvalue weighted by atomic mass is 19.1. The van der Waals surface area contributed by atoms with Crippen LogP contribution in [-0.2, 0) is 5.60 Å². The molecule has 8 heteroatoms. The predicted molar refractivity (Wildman–Crippen MR) is 152 cm³/mol. The van der Waals surface area contributed by atoms with Gasteiger partial charge >= 0.3 is 0 Å². The summed E-state index contributed by atoms with van der Waals surface area (Å²) in [5.41, 5.74) is 3.09. The number of terminal acetylenes is 1. The number of aromatic nitrogens is 5. The number of nitrogens with zero attached hydrogens (tertiary/aromatic N) is 4. The Hall–Kier alpha value is -3.96. The molecule has 3 aromatic heterocycles. The van der Waals surface area contributed by atoms with E-state index < -0.39 is 17.2 Å². The normalized spacial score (nSPS) is 11.7. The first-order valence-electron chi connectivity index (χ1n) is 12.9. The van der Waals surface area contributed by atoms with Crippen molar-refractivity contribution >= 4 is 0 Å². The summed E-state index contributed by atoms with van der Waals surface area (Å²) in [5.74, 6) is -1.53. The summed E-state index contributed by atoms with van der Waals surface area (Å²) in [7, 11) is 0. The highest BCUT2D eigenvalue weighted by molar-refractivity contribution is 5.62. The molecule has 6 nitrogen and oxygen atoms in total. The summed E-state index contributed by atoms with van der Waals surface area (Å²) in [5, 5.41) is 25.9. The van der Waals surface area contributed by atoms with Gasteiger partial charge in [0.05, 0.1) is 28.3 Å². The van der Waals surface area contributed by atoms with Crippen molar-refractivity contribution in [2.75, 3.05) is 0 Å². The Morgan fingerprint density at radius 2 is 1.49 bits per heavy atom. The van der Waals surface area contributed by atoms with E-state index in [-0.39, 0.29) is 23.1 Å². The average molecular weight is 534 g/mol. The van der Waals surface area contributed by atoms with Crippen LogP contribution in [0.1, 0.15) is 89.4 Å². The Balaban J connectivity index is 0.000000998. The maximum absolute atomic E-state index is 14.3. The minimum Gasteiger partial charge on any atom is -0.384 e. The zero-order valence-electron chi connectivity index (χ0n) is 23.6. The van der Waals surface area contributed by atoms with Crippen molar-refractivity contribution in [3.8, 4) is 35.5 Å². The van der Waals surface area contributed by atoms with Gasteiger partial charge in [-0.3, -0.25) is 10.1 Å². The number of H-pyrrole nitrogens is 1. The molecule has 0 amide bonds. The van der Waals surface area contributed by atoms with E-state index >= 15 is 0 Å². The number of nitrogens with one attached hydrogen (secondary N) is 1. The summed E-state index contributed by atoms with van der Waals surface area (Å²) in [6.45, 7) is 13.6. The first kappa shape index (κ1) is 31.3. The van der Waals surface area contributed by atoms with Crippen LogP contribution in [0.4, 0.5) is 8.78 Å². The van der Waals surface area contributed by atoms with Gasteiger partial charge in [-0.05, 0) is 61.7 Å². The van der Waals surface area contributed by atoms with E-state index in [1.165, 1.54) is 24.6 Å². The number of aromatic amines is 1. The summed E-state index contributed by atoms with van der Waals surface area (Å²) in [6.07, 6.45) is 9.25. The number of hydrogen-bond acceptors (Lipinski definition) is 5. The van der Waals surface area contributed by atoms with Gasteiger partial charge < -0.3 is 5.11 Å². The van der Waals surface area contributed by atoms with E-state index in [2.05, 4.69) is 47.1 Å². The summed E-state index contributed by atoms with van der Waals surface area (Å²) < 4.78 is 28.7. The van der Waals surface area contributed by atoms with Crippen LogP contribution in [-0.4, -0.2) is 30.5 Å². The number of pyridine rings is 1. The van der Waals surface area contributed by atoms with E-state index in [9.17, 15) is 13.9 Å². The molecule has 0 aliphatic rings. The minimum atomic E-state index is -1.04. The number of benzene rings is 1. The van der Waals surface area contributed by atoms with Gasteiger partial charge in [-0.2, -0.15) is 15.3 Å². The van der Waals surface area contributed by atoms with E-state index in [4.69, 9.17) is 4.98 Å². The lowest BCUT2D eigenvalue weighted by Gasteiger charge is -2.18. The Kier molecular flexibility index (Phi) is 11.0. The highest BCUT2D eigenvalue weighted by Gasteiger charge is 2.23. The molecule has 2 N–H and O–H groups in total. The van der Waals surface area contributed by atoms with Crippen molar-refractivity contribution in [1.29, 1.82) is 0 Å². The quantitative estimate of drug-likeness (QED) is 0.253. The Morgan fingerprint density at radius 1 is 0.897 bits per heavy atom. The minimum absolute atomic E-state index is 0.0467. The maximum Gasteiger partial charge on any atom is 0.135 e. The number of hydrogen-bond donors (Lipinski definition) is 2. The van der Waals surface area contributed by atoms with Gasteiger partial charge in [-0.1, -0.05) is 53.2 Å². The molecule has 3 heterocycles. The third kappa shape index (κ3) is 7.55. The van der Waals surface area contributed by atoms with Crippen LogP contribution >= 0.6 is 0 Å². The molecule has 1 aromatic carbocycles. The molecular formula is C31H37F2N5O. The molecule has 0 bridgehead atoms. The van der Waals surface area contributed by atoms with Crippen LogP contribution in [0.5, 0.6) is 0 Å². The summed E-state index contributed by atoms with van der Waals surface area (Å²) in [6, 6.07) is 12.8. The largest absolute Gasteiger partial charge is 0.384 e. The zero-order valence-corrected chi connectivity index (χ0v) is 23.6.